The summed E-state index contributed by atoms with van der Waals surface area (Å²) in [6, 6.07) is 12.5. The number of hydrogen-bond donors (Lipinski definition) is 2. The van der Waals surface area contributed by atoms with Crippen LogP contribution in [0.1, 0.15) is 27.9 Å². The second-order valence-corrected chi connectivity index (χ2v) is 6.16. The van der Waals surface area contributed by atoms with Crippen LogP contribution in [-0.4, -0.2) is 23.9 Å². The third-order valence-electron chi connectivity index (χ3n) is 4.45. The van der Waals surface area contributed by atoms with Gasteiger partial charge in [0, 0.05) is 24.2 Å². The first kappa shape index (κ1) is 15.4. The molecule has 4 rings (SSSR count). The molecule has 2 aromatic carbocycles. The summed E-state index contributed by atoms with van der Waals surface area (Å²) in [4.78, 5) is 35.9. The quantitative estimate of drug-likeness (QED) is 0.824. The molecular formula is C19H16N2O4. The van der Waals surface area contributed by atoms with Gasteiger partial charge >= 0.3 is 5.97 Å². The van der Waals surface area contributed by atoms with Gasteiger partial charge in [-0.1, -0.05) is 18.2 Å². The van der Waals surface area contributed by atoms with Crippen LogP contribution in [0, 0.1) is 0 Å². The molecule has 0 saturated heterocycles. The Morgan fingerprint density at radius 1 is 1.08 bits per heavy atom. The summed E-state index contributed by atoms with van der Waals surface area (Å²) in [5, 5.41) is 5.60. The van der Waals surface area contributed by atoms with Gasteiger partial charge in [0.25, 0.3) is 5.91 Å². The van der Waals surface area contributed by atoms with E-state index in [2.05, 4.69) is 10.6 Å². The van der Waals surface area contributed by atoms with E-state index in [1.165, 1.54) is 0 Å². The largest absolute Gasteiger partial charge is 0.448 e. The Hall–Kier alpha value is -3.15. The van der Waals surface area contributed by atoms with E-state index in [0.29, 0.717) is 30.5 Å². The van der Waals surface area contributed by atoms with Crippen molar-refractivity contribution in [2.24, 2.45) is 0 Å². The number of anilines is 2. The number of amides is 2. The van der Waals surface area contributed by atoms with Gasteiger partial charge in [0.15, 0.2) is 6.10 Å². The number of rotatable bonds is 2. The lowest BCUT2D eigenvalue weighted by molar-refractivity contribution is -0.125. The predicted octanol–water partition coefficient (Wildman–Crippen LogP) is 2.29. The van der Waals surface area contributed by atoms with Crippen molar-refractivity contribution < 1.29 is 19.1 Å². The maximum atomic E-state index is 12.5. The number of carbonyl (C=O) groups is 3. The Morgan fingerprint density at radius 2 is 1.92 bits per heavy atom. The lowest BCUT2D eigenvalue weighted by Crippen LogP contribution is -2.38. The fourth-order valence-electron chi connectivity index (χ4n) is 3.16. The van der Waals surface area contributed by atoms with Crippen molar-refractivity contribution in [1.29, 1.82) is 0 Å². The van der Waals surface area contributed by atoms with Gasteiger partial charge in [-0.25, -0.2) is 4.79 Å². The lowest BCUT2D eigenvalue weighted by Gasteiger charge is -2.24. The molecule has 6 heteroatoms. The number of fused-ring (bicyclic) bond motifs is 2. The van der Waals surface area contributed by atoms with Gasteiger partial charge < -0.3 is 15.4 Å². The third-order valence-corrected chi connectivity index (χ3v) is 4.45. The molecular weight excluding hydrogens is 320 g/mol. The summed E-state index contributed by atoms with van der Waals surface area (Å²) in [5.74, 6) is -0.838. The van der Waals surface area contributed by atoms with E-state index >= 15 is 0 Å². The Kier molecular flexibility index (Phi) is 3.72. The van der Waals surface area contributed by atoms with Crippen molar-refractivity contribution in [3.8, 4) is 0 Å². The molecule has 0 radical (unpaired) electrons. The van der Waals surface area contributed by atoms with E-state index in [0.717, 1.165) is 16.8 Å². The Labute approximate surface area is 144 Å². The van der Waals surface area contributed by atoms with Crippen LogP contribution in [0.4, 0.5) is 11.4 Å². The Balaban J connectivity index is 1.50. The van der Waals surface area contributed by atoms with Crippen LogP contribution in [-0.2, 0) is 27.2 Å². The minimum atomic E-state index is -0.849. The molecule has 6 nitrogen and oxygen atoms in total. The highest BCUT2D eigenvalue weighted by Gasteiger charge is 2.31. The molecule has 0 saturated carbocycles. The molecule has 0 spiro atoms. The first-order valence-electron chi connectivity index (χ1n) is 8.13. The van der Waals surface area contributed by atoms with Crippen LogP contribution in [0.5, 0.6) is 0 Å². The average molecular weight is 336 g/mol. The summed E-state index contributed by atoms with van der Waals surface area (Å²) < 4.78 is 5.27. The number of esters is 1. The molecule has 0 aliphatic carbocycles. The van der Waals surface area contributed by atoms with Gasteiger partial charge in [-0.15, -0.1) is 0 Å². The highest BCUT2D eigenvalue weighted by molar-refractivity contribution is 6.00. The number of aryl methyl sites for hydroxylation is 1. The van der Waals surface area contributed by atoms with Crippen LogP contribution >= 0.6 is 0 Å². The Bertz CT molecular complexity index is 891. The average Bonchev–Trinajstić information content (AvgIpc) is 2.62. The van der Waals surface area contributed by atoms with E-state index in [-0.39, 0.29) is 11.8 Å². The molecule has 2 aromatic rings. The van der Waals surface area contributed by atoms with Crippen molar-refractivity contribution >= 4 is 29.2 Å². The van der Waals surface area contributed by atoms with Crippen LogP contribution in [0.2, 0.25) is 0 Å². The smallest absolute Gasteiger partial charge is 0.339 e. The normalized spacial score (nSPS) is 18.5. The summed E-state index contributed by atoms with van der Waals surface area (Å²) in [6.07, 6.45) is 0.574. The van der Waals surface area contributed by atoms with Crippen molar-refractivity contribution in [2.45, 2.75) is 25.4 Å². The highest BCUT2D eigenvalue weighted by atomic mass is 16.5. The molecule has 2 aliphatic rings. The maximum Gasteiger partial charge on any atom is 0.339 e. The molecule has 0 fully saturated rings. The molecule has 2 N–H and O–H groups in total. The topological polar surface area (TPSA) is 84.5 Å². The van der Waals surface area contributed by atoms with E-state index in [1.54, 1.807) is 24.3 Å². The van der Waals surface area contributed by atoms with E-state index in [1.807, 2.05) is 18.2 Å². The van der Waals surface area contributed by atoms with E-state index in [9.17, 15) is 14.4 Å². The van der Waals surface area contributed by atoms with Gasteiger partial charge in [0.1, 0.15) is 0 Å². The molecule has 2 aliphatic heterocycles. The molecule has 2 amide bonds. The zero-order valence-corrected chi connectivity index (χ0v) is 13.4. The SMILES string of the molecule is O=C1CCc2cc(NC(=O)[C@H]3Cc4ccccc4C(=O)O3)ccc2N1. The fraction of sp³-hybridized carbons (Fsp3) is 0.211. The molecule has 0 bridgehead atoms. The number of hydrogen-bond acceptors (Lipinski definition) is 4. The van der Waals surface area contributed by atoms with Gasteiger partial charge in [0.05, 0.1) is 5.56 Å². The van der Waals surface area contributed by atoms with Gasteiger partial charge in [-0.2, -0.15) is 0 Å². The maximum absolute atomic E-state index is 12.5. The number of carbonyl (C=O) groups excluding carboxylic acids is 3. The lowest BCUT2D eigenvalue weighted by atomic mass is 9.98. The minimum Gasteiger partial charge on any atom is -0.448 e. The van der Waals surface area contributed by atoms with Gasteiger partial charge in [-0.05, 0) is 41.8 Å². The second-order valence-electron chi connectivity index (χ2n) is 6.16. The summed E-state index contributed by atoms with van der Waals surface area (Å²) in [7, 11) is 0. The van der Waals surface area contributed by atoms with Gasteiger partial charge in [-0.3, -0.25) is 9.59 Å². The van der Waals surface area contributed by atoms with Crippen molar-refractivity contribution in [3.63, 3.8) is 0 Å². The zero-order valence-electron chi connectivity index (χ0n) is 13.4. The summed E-state index contributed by atoms with van der Waals surface area (Å²) in [5.41, 5.74) is 3.69. The molecule has 25 heavy (non-hydrogen) atoms. The Morgan fingerprint density at radius 3 is 2.80 bits per heavy atom. The zero-order chi connectivity index (χ0) is 17.4. The number of benzene rings is 2. The van der Waals surface area contributed by atoms with Crippen molar-refractivity contribution in [2.75, 3.05) is 10.6 Å². The molecule has 126 valence electrons. The first-order chi connectivity index (χ1) is 12.1. The predicted molar refractivity (Wildman–Crippen MR) is 91.4 cm³/mol. The van der Waals surface area contributed by atoms with Crippen LogP contribution < -0.4 is 10.6 Å². The number of ether oxygens (including phenoxy) is 1. The van der Waals surface area contributed by atoms with Crippen LogP contribution in [0.15, 0.2) is 42.5 Å². The van der Waals surface area contributed by atoms with Crippen molar-refractivity contribution in [3.05, 3.63) is 59.2 Å². The molecule has 1 atom stereocenters. The van der Waals surface area contributed by atoms with E-state index in [4.69, 9.17) is 4.74 Å². The minimum absolute atomic E-state index is 0.00271. The number of nitrogens with one attached hydrogen (secondary N) is 2. The van der Waals surface area contributed by atoms with Crippen molar-refractivity contribution in [1.82, 2.24) is 0 Å². The first-order valence-corrected chi connectivity index (χ1v) is 8.13. The summed E-state index contributed by atoms with van der Waals surface area (Å²) >= 11 is 0. The monoisotopic (exact) mass is 336 g/mol. The number of cyclic esters (lactones) is 1. The molecule has 0 unspecified atom stereocenters. The fourth-order valence-corrected chi connectivity index (χ4v) is 3.16. The third kappa shape index (κ3) is 2.98. The highest BCUT2D eigenvalue weighted by Crippen LogP contribution is 2.26. The van der Waals surface area contributed by atoms with Crippen LogP contribution in [0.3, 0.4) is 0 Å². The van der Waals surface area contributed by atoms with Crippen LogP contribution in [0.25, 0.3) is 0 Å². The van der Waals surface area contributed by atoms with Gasteiger partial charge in [0.2, 0.25) is 5.91 Å². The standard InChI is InChI=1S/C19H16N2O4/c22-17-8-5-12-9-13(6-7-15(12)21-17)20-18(23)16-10-11-3-1-2-4-14(11)19(24)25-16/h1-4,6-7,9,16H,5,8,10H2,(H,20,23)(H,21,22)/t16-/m1/s1. The second kappa shape index (κ2) is 6.05. The summed E-state index contributed by atoms with van der Waals surface area (Å²) in [6.45, 7) is 0. The molecule has 2 heterocycles. The van der Waals surface area contributed by atoms with E-state index < -0.39 is 12.1 Å². The molecule has 0 aromatic heterocycles.